The minimum absolute atomic E-state index is 0.619. The number of rotatable bonds is 7. The average Bonchev–Trinajstić information content (AvgIpc) is 2.31. The van der Waals surface area contributed by atoms with E-state index in [0.717, 1.165) is 35.0 Å². The van der Waals surface area contributed by atoms with Gasteiger partial charge in [-0.05, 0) is 31.0 Å². The molecule has 0 spiro atoms. The van der Waals surface area contributed by atoms with Gasteiger partial charge in [-0.2, -0.15) is 0 Å². The summed E-state index contributed by atoms with van der Waals surface area (Å²) in [7, 11) is 0. The molecule has 0 aliphatic rings. The van der Waals surface area contributed by atoms with Crippen molar-refractivity contribution in [3.05, 3.63) is 33.8 Å². The number of hydrogen-bond acceptors (Lipinski definition) is 1. The maximum absolute atomic E-state index is 6.09. The van der Waals surface area contributed by atoms with Crippen molar-refractivity contribution in [1.82, 2.24) is 5.32 Å². The Morgan fingerprint density at radius 3 is 2.41 bits per heavy atom. The molecule has 0 heterocycles. The highest BCUT2D eigenvalue weighted by atomic mass is 35.5. The smallest absolute Gasteiger partial charge is 0.0465 e. The highest BCUT2D eigenvalue weighted by Crippen LogP contribution is 2.24. The molecule has 1 rings (SSSR count). The predicted octanol–water partition coefficient (Wildman–Crippen LogP) is 4.74. The van der Waals surface area contributed by atoms with Crippen LogP contribution in [0.3, 0.4) is 0 Å². The van der Waals surface area contributed by atoms with Crippen LogP contribution in [-0.4, -0.2) is 12.4 Å². The van der Waals surface area contributed by atoms with Crippen LogP contribution in [0.15, 0.2) is 18.2 Å². The zero-order valence-corrected chi connectivity index (χ0v) is 12.2. The molecule has 0 saturated heterocycles. The van der Waals surface area contributed by atoms with E-state index in [2.05, 4.69) is 12.2 Å². The fraction of sp³-hybridized carbons (Fsp3) is 0.538. The average molecular weight is 295 g/mol. The van der Waals surface area contributed by atoms with E-state index in [4.69, 9.17) is 34.8 Å². The van der Waals surface area contributed by atoms with Crippen LogP contribution in [0.4, 0.5) is 0 Å². The molecule has 1 unspecified atom stereocenters. The molecule has 1 N–H and O–H groups in total. The first kappa shape index (κ1) is 15.1. The minimum atomic E-state index is 0.619. The lowest BCUT2D eigenvalue weighted by Crippen LogP contribution is -2.22. The number of hydrogen-bond donors (Lipinski definition) is 1. The van der Waals surface area contributed by atoms with Gasteiger partial charge in [0.25, 0.3) is 0 Å². The normalized spacial score (nSPS) is 12.7. The fourth-order valence-corrected chi connectivity index (χ4v) is 2.55. The van der Waals surface area contributed by atoms with Crippen LogP contribution in [0.5, 0.6) is 0 Å². The van der Waals surface area contributed by atoms with Crippen LogP contribution in [0.1, 0.15) is 25.3 Å². The maximum Gasteiger partial charge on any atom is 0.0465 e. The van der Waals surface area contributed by atoms with E-state index in [9.17, 15) is 0 Å². The van der Waals surface area contributed by atoms with Crippen molar-refractivity contribution < 1.29 is 0 Å². The van der Waals surface area contributed by atoms with Gasteiger partial charge in [0, 0.05) is 28.0 Å². The van der Waals surface area contributed by atoms with Crippen molar-refractivity contribution in [2.24, 2.45) is 5.92 Å². The lowest BCUT2D eigenvalue weighted by molar-refractivity contribution is 0.451. The zero-order chi connectivity index (χ0) is 12.7. The minimum Gasteiger partial charge on any atom is -0.312 e. The molecule has 96 valence electrons. The van der Waals surface area contributed by atoms with Gasteiger partial charge in [-0.3, -0.25) is 0 Å². The summed E-state index contributed by atoms with van der Waals surface area (Å²) in [5.74, 6) is 1.33. The first-order valence-corrected chi connectivity index (χ1v) is 7.17. The van der Waals surface area contributed by atoms with Gasteiger partial charge in [0.1, 0.15) is 0 Å². The number of nitrogens with one attached hydrogen (secondary N) is 1. The van der Waals surface area contributed by atoms with E-state index < -0.39 is 0 Å². The molecule has 0 fully saturated rings. The van der Waals surface area contributed by atoms with E-state index in [-0.39, 0.29) is 0 Å². The van der Waals surface area contributed by atoms with Crippen LogP contribution in [-0.2, 0) is 6.54 Å². The highest BCUT2D eigenvalue weighted by Gasteiger charge is 2.08. The maximum atomic E-state index is 6.09. The molecule has 0 bridgehead atoms. The summed E-state index contributed by atoms with van der Waals surface area (Å²) in [6.45, 7) is 3.84. The molecule has 0 aliphatic carbocycles. The second kappa shape index (κ2) is 8.20. The van der Waals surface area contributed by atoms with Crippen LogP contribution in [0.25, 0.3) is 0 Å². The number of alkyl halides is 1. The van der Waals surface area contributed by atoms with Crippen LogP contribution < -0.4 is 5.32 Å². The fourth-order valence-electron chi connectivity index (χ4n) is 1.71. The molecule has 17 heavy (non-hydrogen) atoms. The van der Waals surface area contributed by atoms with Gasteiger partial charge in [-0.15, -0.1) is 11.6 Å². The molecule has 0 saturated carbocycles. The molecule has 0 aliphatic heterocycles. The second-order valence-corrected chi connectivity index (χ2v) is 5.28. The van der Waals surface area contributed by atoms with Crippen molar-refractivity contribution in [2.75, 3.05) is 12.4 Å². The van der Waals surface area contributed by atoms with Gasteiger partial charge < -0.3 is 5.32 Å². The molecule has 1 aromatic carbocycles. The highest BCUT2D eigenvalue weighted by molar-refractivity contribution is 6.35. The Morgan fingerprint density at radius 2 is 1.88 bits per heavy atom. The third kappa shape index (κ3) is 5.05. The summed E-state index contributed by atoms with van der Waals surface area (Å²) in [4.78, 5) is 0. The molecule has 0 amide bonds. The lowest BCUT2D eigenvalue weighted by Gasteiger charge is -2.15. The second-order valence-electron chi connectivity index (χ2n) is 4.08. The molecular formula is C13H18Cl3N. The quantitative estimate of drug-likeness (QED) is 0.716. The van der Waals surface area contributed by atoms with Gasteiger partial charge in [0.15, 0.2) is 0 Å². The summed E-state index contributed by atoms with van der Waals surface area (Å²) in [5.41, 5.74) is 0.969. The van der Waals surface area contributed by atoms with Gasteiger partial charge in [-0.25, -0.2) is 0 Å². The first-order chi connectivity index (χ1) is 8.19. The molecule has 0 aromatic heterocycles. The Kier molecular flexibility index (Phi) is 7.29. The van der Waals surface area contributed by atoms with Gasteiger partial charge in [0.2, 0.25) is 0 Å². The van der Waals surface area contributed by atoms with E-state index in [1.807, 2.05) is 18.2 Å². The van der Waals surface area contributed by atoms with E-state index in [1.54, 1.807) is 0 Å². The van der Waals surface area contributed by atoms with E-state index in [1.165, 1.54) is 0 Å². The SMILES string of the molecule is CCC(CCCl)CNCc1c(Cl)cccc1Cl. The largest absolute Gasteiger partial charge is 0.312 e. The summed E-state index contributed by atoms with van der Waals surface area (Å²) in [6, 6.07) is 5.58. The van der Waals surface area contributed by atoms with Gasteiger partial charge in [-0.1, -0.05) is 42.6 Å². The van der Waals surface area contributed by atoms with E-state index >= 15 is 0 Å². The first-order valence-electron chi connectivity index (χ1n) is 5.88. The van der Waals surface area contributed by atoms with Crippen molar-refractivity contribution in [2.45, 2.75) is 26.3 Å². The summed E-state index contributed by atoms with van der Waals surface area (Å²) < 4.78 is 0. The molecule has 1 atom stereocenters. The zero-order valence-electron chi connectivity index (χ0n) is 9.98. The van der Waals surface area contributed by atoms with Gasteiger partial charge in [0.05, 0.1) is 0 Å². The van der Waals surface area contributed by atoms with E-state index in [0.29, 0.717) is 18.3 Å². The predicted molar refractivity (Wildman–Crippen MR) is 77.3 cm³/mol. The Hall–Kier alpha value is 0.0500. The third-order valence-electron chi connectivity index (χ3n) is 2.89. The molecule has 1 aromatic rings. The van der Waals surface area contributed by atoms with Crippen LogP contribution in [0.2, 0.25) is 10.0 Å². The Labute approximate surface area is 118 Å². The topological polar surface area (TPSA) is 12.0 Å². The lowest BCUT2D eigenvalue weighted by atomic mass is 10.0. The summed E-state index contributed by atoms with van der Waals surface area (Å²) in [5, 5.41) is 4.83. The number of benzene rings is 1. The van der Waals surface area contributed by atoms with Crippen molar-refractivity contribution >= 4 is 34.8 Å². The van der Waals surface area contributed by atoms with Crippen molar-refractivity contribution in [3.8, 4) is 0 Å². The van der Waals surface area contributed by atoms with Gasteiger partial charge >= 0.3 is 0 Å². The Balaban J connectivity index is 2.45. The molecule has 1 nitrogen and oxygen atoms in total. The van der Waals surface area contributed by atoms with Crippen molar-refractivity contribution in [3.63, 3.8) is 0 Å². The van der Waals surface area contributed by atoms with Crippen molar-refractivity contribution in [1.29, 1.82) is 0 Å². The molecular weight excluding hydrogens is 277 g/mol. The molecule has 4 heteroatoms. The molecule has 0 radical (unpaired) electrons. The summed E-state index contributed by atoms with van der Waals surface area (Å²) >= 11 is 17.9. The summed E-state index contributed by atoms with van der Waals surface area (Å²) in [6.07, 6.45) is 2.18. The Morgan fingerprint density at radius 1 is 1.24 bits per heavy atom. The third-order valence-corrected chi connectivity index (χ3v) is 3.82. The van der Waals surface area contributed by atoms with Crippen LogP contribution >= 0.6 is 34.8 Å². The standard InChI is InChI=1S/C13H18Cl3N/c1-2-10(6-7-14)8-17-9-11-12(15)4-3-5-13(11)16/h3-5,10,17H,2,6-9H2,1H3. The van der Waals surface area contributed by atoms with Crippen LogP contribution in [0, 0.1) is 5.92 Å². The Bertz CT molecular complexity index is 321. The number of halogens is 3. The monoisotopic (exact) mass is 293 g/mol.